The summed E-state index contributed by atoms with van der Waals surface area (Å²) in [6.45, 7) is 1.83. The molecular formula is C11H15NO4. The summed E-state index contributed by atoms with van der Waals surface area (Å²) in [6, 6.07) is 5.09. The second kappa shape index (κ2) is 4.96. The van der Waals surface area contributed by atoms with Crippen LogP contribution in [0.2, 0.25) is 0 Å². The Bertz CT molecular complexity index is 392. The summed E-state index contributed by atoms with van der Waals surface area (Å²) in [5.74, 6) is -0.575. The predicted octanol–water partition coefficient (Wildman–Crippen LogP) is -0.117. The largest absolute Gasteiger partial charge is 0.496 e. The van der Waals surface area contributed by atoms with Crippen LogP contribution in [0, 0.1) is 6.92 Å². The number of aliphatic hydroxyl groups excluding tert-OH is 2. The summed E-state index contributed by atoms with van der Waals surface area (Å²) < 4.78 is 5.03. The van der Waals surface area contributed by atoms with Gasteiger partial charge >= 0.3 is 0 Å². The molecule has 0 heterocycles. The summed E-state index contributed by atoms with van der Waals surface area (Å²) in [6.07, 6.45) is -3.02. The molecule has 0 bridgehead atoms. The van der Waals surface area contributed by atoms with Gasteiger partial charge in [-0.3, -0.25) is 4.79 Å². The molecule has 0 aliphatic carbocycles. The number of aliphatic hydroxyl groups is 2. The van der Waals surface area contributed by atoms with Crippen molar-refractivity contribution >= 4 is 5.91 Å². The van der Waals surface area contributed by atoms with Crippen molar-refractivity contribution in [3.63, 3.8) is 0 Å². The van der Waals surface area contributed by atoms with E-state index in [-0.39, 0.29) is 0 Å². The fourth-order valence-electron chi connectivity index (χ4n) is 1.41. The molecule has 0 aliphatic rings. The Kier molecular flexibility index (Phi) is 3.87. The zero-order valence-electron chi connectivity index (χ0n) is 9.18. The van der Waals surface area contributed by atoms with Gasteiger partial charge in [-0.25, -0.2) is 0 Å². The monoisotopic (exact) mass is 225 g/mol. The van der Waals surface area contributed by atoms with Crippen LogP contribution >= 0.6 is 0 Å². The van der Waals surface area contributed by atoms with Crippen LogP contribution in [0.1, 0.15) is 17.2 Å². The van der Waals surface area contributed by atoms with Gasteiger partial charge in [-0.15, -0.1) is 0 Å². The molecule has 2 atom stereocenters. The topological polar surface area (TPSA) is 92.8 Å². The van der Waals surface area contributed by atoms with Gasteiger partial charge in [0.15, 0.2) is 6.10 Å². The van der Waals surface area contributed by atoms with Gasteiger partial charge in [-0.05, 0) is 19.1 Å². The van der Waals surface area contributed by atoms with Crippen molar-refractivity contribution in [1.82, 2.24) is 0 Å². The molecule has 88 valence electrons. The normalized spacial score (nSPS) is 14.2. The fraction of sp³-hybridized carbons (Fsp3) is 0.364. The van der Waals surface area contributed by atoms with Crippen LogP contribution < -0.4 is 10.5 Å². The summed E-state index contributed by atoms with van der Waals surface area (Å²) in [7, 11) is 1.44. The second-order valence-electron chi connectivity index (χ2n) is 3.54. The highest BCUT2D eigenvalue weighted by Crippen LogP contribution is 2.28. The molecule has 5 heteroatoms. The maximum absolute atomic E-state index is 10.8. The van der Waals surface area contributed by atoms with Crippen LogP contribution in [0.15, 0.2) is 18.2 Å². The lowest BCUT2D eigenvalue weighted by atomic mass is 10.0. The van der Waals surface area contributed by atoms with E-state index in [1.165, 1.54) is 7.11 Å². The van der Waals surface area contributed by atoms with E-state index in [4.69, 9.17) is 10.5 Å². The zero-order valence-corrected chi connectivity index (χ0v) is 9.18. The molecule has 1 aromatic rings. The van der Waals surface area contributed by atoms with Crippen molar-refractivity contribution in [1.29, 1.82) is 0 Å². The number of rotatable bonds is 4. The Morgan fingerprint density at radius 2 is 2.06 bits per heavy atom. The van der Waals surface area contributed by atoms with E-state index in [1.807, 2.05) is 6.92 Å². The van der Waals surface area contributed by atoms with E-state index >= 15 is 0 Å². The summed E-state index contributed by atoms with van der Waals surface area (Å²) in [5, 5.41) is 19.1. The highest BCUT2D eigenvalue weighted by molar-refractivity contribution is 5.79. The summed E-state index contributed by atoms with van der Waals surface area (Å²) >= 11 is 0. The predicted molar refractivity (Wildman–Crippen MR) is 57.9 cm³/mol. The minimum Gasteiger partial charge on any atom is -0.496 e. The molecule has 1 aromatic carbocycles. The van der Waals surface area contributed by atoms with Gasteiger partial charge in [0.1, 0.15) is 11.9 Å². The number of hydrogen-bond donors (Lipinski definition) is 3. The van der Waals surface area contributed by atoms with Gasteiger partial charge in [0, 0.05) is 5.56 Å². The fourth-order valence-corrected chi connectivity index (χ4v) is 1.41. The molecule has 1 amide bonds. The maximum Gasteiger partial charge on any atom is 0.249 e. The molecule has 2 unspecified atom stereocenters. The standard InChI is InChI=1S/C11H15NO4/c1-6-3-4-8(16-2)7(5-6)9(13)10(14)11(12)15/h3-5,9-10,13-14H,1-2H3,(H2,12,15). The van der Waals surface area contributed by atoms with Gasteiger partial charge < -0.3 is 20.7 Å². The molecule has 0 spiro atoms. The minimum atomic E-state index is -1.64. The van der Waals surface area contributed by atoms with E-state index in [0.29, 0.717) is 11.3 Å². The quantitative estimate of drug-likeness (QED) is 0.666. The molecule has 0 saturated heterocycles. The number of ether oxygens (including phenoxy) is 1. The van der Waals surface area contributed by atoms with Crippen molar-refractivity contribution < 1.29 is 19.7 Å². The Hall–Kier alpha value is -1.59. The van der Waals surface area contributed by atoms with Crippen LogP contribution in [0.4, 0.5) is 0 Å². The number of hydrogen-bond acceptors (Lipinski definition) is 4. The van der Waals surface area contributed by atoms with Gasteiger partial charge in [-0.1, -0.05) is 11.6 Å². The molecule has 16 heavy (non-hydrogen) atoms. The van der Waals surface area contributed by atoms with E-state index in [2.05, 4.69) is 0 Å². The highest BCUT2D eigenvalue weighted by atomic mass is 16.5. The molecule has 0 radical (unpaired) electrons. The van der Waals surface area contributed by atoms with Crippen LogP contribution in [-0.2, 0) is 4.79 Å². The number of aryl methyl sites for hydroxylation is 1. The number of carbonyl (C=O) groups is 1. The average molecular weight is 225 g/mol. The molecular weight excluding hydrogens is 210 g/mol. The van der Waals surface area contributed by atoms with Gasteiger partial charge in [0.05, 0.1) is 7.11 Å². The SMILES string of the molecule is COc1ccc(C)cc1C(O)C(O)C(N)=O. The van der Waals surface area contributed by atoms with Gasteiger partial charge in [0.2, 0.25) is 5.91 Å². The molecule has 0 aliphatic heterocycles. The van der Waals surface area contributed by atoms with E-state index in [1.54, 1.807) is 18.2 Å². The highest BCUT2D eigenvalue weighted by Gasteiger charge is 2.26. The zero-order chi connectivity index (χ0) is 12.3. The van der Waals surface area contributed by atoms with E-state index < -0.39 is 18.1 Å². The Balaban J connectivity index is 3.10. The van der Waals surface area contributed by atoms with Gasteiger partial charge in [0.25, 0.3) is 0 Å². The van der Waals surface area contributed by atoms with Crippen molar-refractivity contribution in [3.8, 4) is 5.75 Å². The number of amides is 1. The van der Waals surface area contributed by atoms with Crippen molar-refractivity contribution in [2.75, 3.05) is 7.11 Å². The lowest BCUT2D eigenvalue weighted by molar-refractivity contribution is -0.132. The Labute approximate surface area is 93.5 Å². The Morgan fingerprint density at radius 1 is 1.44 bits per heavy atom. The number of benzene rings is 1. The van der Waals surface area contributed by atoms with Crippen LogP contribution in [-0.4, -0.2) is 29.3 Å². The second-order valence-corrected chi connectivity index (χ2v) is 3.54. The number of methoxy groups -OCH3 is 1. The number of nitrogens with two attached hydrogens (primary N) is 1. The molecule has 0 fully saturated rings. The lowest BCUT2D eigenvalue weighted by Crippen LogP contribution is -2.34. The van der Waals surface area contributed by atoms with Crippen LogP contribution in [0.25, 0.3) is 0 Å². The lowest BCUT2D eigenvalue weighted by Gasteiger charge is -2.18. The van der Waals surface area contributed by atoms with Crippen molar-refractivity contribution in [2.24, 2.45) is 5.73 Å². The molecule has 1 rings (SSSR count). The smallest absolute Gasteiger partial charge is 0.249 e. The van der Waals surface area contributed by atoms with Crippen molar-refractivity contribution in [2.45, 2.75) is 19.1 Å². The first-order valence-corrected chi connectivity index (χ1v) is 4.77. The average Bonchev–Trinajstić information content (AvgIpc) is 2.26. The van der Waals surface area contributed by atoms with E-state index in [0.717, 1.165) is 5.56 Å². The third-order valence-electron chi connectivity index (χ3n) is 2.29. The van der Waals surface area contributed by atoms with E-state index in [9.17, 15) is 15.0 Å². The minimum absolute atomic E-state index is 0.341. The number of primary amides is 1. The molecule has 5 nitrogen and oxygen atoms in total. The molecule has 0 saturated carbocycles. The number of carbonyl (C=O) groups excluding carboxylic acids is 1. The van der Waals surface area contributed by atoms with Crippen LogP contribution in [0.3, 0.4) is 0 Å². The molecule has 0 aromatic heterocycles. The van der Waals surface area contributed by atoms with Crippen molar-refractivity contribution in [3.05, 3.63) is 29.3 Å². The third kappa shape index (κ3) is 2.50. The maximum atomic E-state index is 10.8. The summed E-state index contributed by atoms with van der Waals surface area (Å²) in [5.41, 5.74) is 6.14. The first-order valence-electron chi connectivity index (χ1n) is 4.77. The molecule has 4 N–H and O–H groups in total. The first kappa shape index (κ1) is 12.5. The first-order chi connectivity index (χ1) is 7.47. The Morgan fingerprint density at radius 3 is 2.56 bits per heavy atom. The summed E-state index contributed by atoms with van der Waals surface area (Å²) in [4.78, 5) is 10.8. The third-order valence-corrected chi connectivity index (χ3v) is 2.29. The van der Waals surface area contributed by atoms with Crippen LogP contribution in [0.5, 0.6) is 5.75 Å². The van der Waals surface area contributed by atoms with Gasteiger partial charge in [-0.2, -0.15) is 0 Å².